The molecule has 0 saturated heterocycles. The van der Waals surface area contributed by atoms with Gasteiger partial charge in [-0.3, -0.25) is 14.9 Å². The van der Waals surface area contributed by atoms with Crippen LogP contribution >= 0.6 is 0 Å². The number of hydrogen-bond acceptors (Lipinski definition) is 3. The van der Waals surface area contributed by atoms with E-state index in [0.29, 0.717) is 18.5 Å². The second-order valence-corrected chi connectivity index (χ2v) is 4.17. The summed E-state index contributed by atoms with van der Waals surface area (Å²) in [4.78, 5) is 22.1. The molecule has 1 aromatic carbocycles. The molecule has 0 fully saturated rings. The fourth-order valence-electron chi connectivity index (χ4n) is 1.61. The third kappa shape index (κ3) is 4.43. The van der Waals surface area contributed by atoms with Gasteiger partial charge in [0.2, 0.25) is 5.91 Å². The molecule has 1 rings (SSSR count). The highest BCUT2D eigenvalue weighted by atomic mass is 16.6. The number of terminal acetylenes is 1. The van der Waals surface area contributed by atoms with Crippen LogP contribution in [-0.2, 0) is 4.79 Å². The first-order chi connectivity index (χ1) is 9.06. The van der Waals surface area contributed by atoms with Gasteiger partial charge in [-0.25, -0.2) is 0 Å². The zero-order valence-electron chi connectivity index (χ0n) is 10.8. The maximum Gasteiger partial charge on any atom is 0.269 e. The van der Waals surface area contributed by atoms with Gasteiger partial charge in [0.05, 0.1) is 10.8 Å². The highest BCUT2D eigenvalue weighted by Gasteiger charge is 2.17. The molecule has 1 aromatic rings. The SMILES string of the molecule is C#CCCCNC(=O)C(C)c1cccc([N+](=O)[O-])c1. The third-order valence-electron chi connectivity index (χ3n) is 2.77. The van der Waals surface area contributed by atoms with E-state index in [1.165, 1.54) is 12.1 Å². The Hall–Kier alpha value is -2.35. The summed E-state index contributed by atoms with van der Waals surface area (Å²) in [6.07, 6.45) is 6.46. The van der Waals surface area contributed by atoms with Gasteiger partial charge in [-0.05, 0) is 18.9 Å². The fraction of sp³-hybridized carbons (Fsp3) is 0.357. The number of nitrogens with zero attached hydrogens (tertiary/aromatic N) is 1. The number of hydrogen-bond donors (Lipinski definition) is 1. The summed E-state index contributed by atoms with van der Waals surface area (Å²) >= 11 is 0. The molecule has 5 nitrogen and oxygen atoms in total. The minimum Gasteiger partial charge on any atom is -0.356 e. The van der Waals surface area contributed by atoms with Crippen LogP contribution in [0.2, 0.25) is 0 Å². The van der Waals surface area contributed by atoms with Crippen molar-refractivity contribution in [1.29, 1.82) is 0 Å². The molecule has 0 heterocycles. The van der Waals surface area contributed by atoms with Gasteiger partial charge in [-0.1, -0.05) is 12.1 Å². The summed E-state index contributed by atoms with van der Waals surface area (Å²) in [7, 11) is 0. The van der Waals surface area contributed by atoms with E-state index in [2.05, 4.69) is 11.2 Å². The van der Waals surface area contributed by atoms with E-state index in [1.54, 1.807) is 19.1 Å². The van der Waals surface area contributed by atoms with Gasteiger partial charge in [-0.2, -0.15) is 0 Å². The molecule has 5 heteroatoms. The molecule has 1 unspecified atom stereocenters. The summed E-state index contributed by atoms with van der Waals surface area (Å²) in [5.74, 6) is 1.92. The van der Waals surface area contributed by atoms with Crippen molar-refractivity contribution in [1.82, 2.24) is 5.32 Å². The van der Waals surface area contributed by atoms with Crippen LogP contribution in [-0.4, -0.2) is 17.4 Å². The summed E-state index contributed by atoms with van der Waals surface area (Å²) < 4.78 is 0. The molecule has 1 atom stereocenters. The van der Waals surface area contributed by atoms with E-state index in [1.807, 2.05) is 0 Å². The number of benzene rings is 1. The van der Waals surface area contributed by atoms with Crippen molar-refractivity contribution in [3.63, 3.8) is 0 Å². The highest BCUT2D eigenvalue weighted by Crippen LogP contribution is 2.20. The smallest absolute Gasteiger partial charge is 0.269 e. The second kappa shape index (κ2) is 7.17. The molecule has 1 amide bonds. The van der Waals surface area contributed by atoms with Gasteiger partial charge in [0.1, 0.15) is 0 Å². The lowest BCUT2D eigenvalue weighted by molar-refractivity contribution is -0.384. The molecule has 0 aromatic heterocycles. The quantitative estimate of drug-likeness (QED) is 0.369. The van der Waals surface area contributed by atoms with E-state index >= 15 is 0 Å². The molecule has 0 spiro atoms. The molecule has 0 bridgehead atoms. The lowest BCUT2D eigenvalue weighted by Gasteiger charge is -2.12. The van der Waals surface area contributed by atoms with Gasteiger partial charge in [-0.15, -0.1) is 12.3 Å². The molecule has 19 heavy (non-hydrogen) atoms. The minimum absolute atomic E-state index is 0.00974. The van der Waals surface area contributed by atoms with Crippen molar-refractivity contribution in [3.8, 4) is 12.3 Å². The van der Waals surface area contributed by atoms with Crippen molar-refractivity contribution in [3.05, 3.63) is 39.9 Å². The van der Waals surface area contributed by atoms with E-state index in [4.69, 9.17) is 6.42 Å². The first kappa shape index (κ1) is 14.7. The molecule has 0 aliphatic carbocycles. The Morgan fingerprint density at radius 1 is 1.58 bits per heavy atom. The number of rotatable bonds is 6. The van der Waals surface area contributed by atoms with Crippen molar-refractivity contribution in [2.45, 2.75) is 25.7 Å². The summed E-state index contributed by atoms with van der Waals surface area (Å²) in [5, 5.41) is 13.4. The second-order valence-electron chi connectivity index (χ2n) is 4.17. The van der Waals surface area contributed by atoms with Crippen LogP contribution in [0.15, 0.2) is 24.3 Å². The number of carbonyl (C=O) groups is 1. The van der Waals surface area contributed by atoms with Crippen molar-refractivity contribution in [2.75, 3.05) is 6.54 Å². The summed E-state index contributed by atoms with van der Waals surface area (Å²) in [5.41, 5.74) is 0.619. The average molecular weight is 260 g/mol. The minimum atomic E-state index is -0.471. The van der Waals surface area contributed by atoms with Gasteiger partial charge in [0, 0.05) is 25.1 Å². The Kier molecular flexibility index (Phi) is 5.55. The predicted molar refractivity (Wildman–Crippen MR) is 72.6 cm³/mol. The Balaban J connectivity index is 2.64. The lowest BCUT2D eigenvalue weighted by Crippen LogP contribution is -2.28. The largest absolute Gasteiger partial charge is 0.356 e. The molecule has 0 aliphatic rings. The zero-order valence-corrected chi connectivity index (χ0v) is 10.8. The Morgan fingerprint density at radius 2 is 2.32 bits per heavy atom. The van der Waals surface area contributed by atoms with Crippen molar-refractivity contribution < 1.29 is 9.72 Å². The third-order valence-corrected chi connectivity index (χ3v) is 2.77. The molecular weight excluding hydrogens is 244 g/mol. The first-order valence-corrected chi connectivity index (χ1v) is 6.01. The van der Waals surface area contributed by atoms with Gasteiger partial charge in [0.25, 0.3) is 5.69 Å². The maximum atomic E-state index is 11.9. The standard InChI is InChI=1S/C14H16N2O3/c1-3-4-5-9-15-14(17)11(2)12-7-6-8-13(10-12)16(18)19/h1,6-8,10-11H,4-5,9H2,2H3,(H,15,17). The predicted octanol–water partition coefficient (Wildman–Crippen LogP) is 2.23. The lowest BCUT2D eigenvalue weighted by atomic mass is 10.00. The van der Waals surface area contributed by atoms with Gasteiger partial charge < -0.3 is 5.32 Å². The van der Waals surface area contributed by atoms with Crippen molar-refractivity contribution in [2.24, 2.45) is 0 Å². The molecule has 100 valence electrons. The first-order valence-electron chi connectivity index (χ1n) is 6.01. The molecule has 0 aliphatic heterocycles. The number of nitro benzene ring substituents is 1. The molecule has 0 saturated carbocycles. The van der Waals surface area contributed by atoms with Crippen LogP contribution in [0.3, 0.4) is 0 Å². The number of unbranched alkanes of at least 4 members (excludes halogenated alkanes) is 1. The number of amides is 1. The van der Waals surface area contributed by atoms with Gasteiger partial charge >= 0.3 is 0 Å². The van der Waals surface area contributed by atoms with Gasteiger partial charge in [0.15, 0.2) is 0 Å². The topological polar surface area (TPSA) is 72.2 Å². The maximum absolute atomic E-state index is 11.9. The molecule has 0 radical (unpaired) electrons. The highest BCUT2D eigenvalue weighted by molar-refractivity contribution is 5.83. The fourth-order valence-corrected chi connectivity index (χ4v) is 1.61. The van der Waals surface area contributed by atoms with Crippen LogP contribution in [0.25, 0.3) is 0 Å². The van der Waals surface area contributed by atoms with E-state index in [0.717, 1.165) is 6.42 Å². The van der Waals surface area contributed by atoms with E-state index in [9.17, 15) is 14.9 Å². The number of carbonyl (C=O) groups excluding carboxylic acids is 1. The Labute approximate surface area is 112 Å². The van der Waals surface area contributed by atoms with Crippen molar-refractivity contribution >= 4 is 11.6 Å². The molecular formula is C14H16N2O3. The van der Waals surface area contributed by atoms with Crippen LogP contribution in [0.4, 0.5) is 5.69 Å². The Morgan fingerprint density at radius 3 is 2.95 bits per heavy atom. The monoisotopic (exact) mass is 260 g/mol. The summed E-state index contributed by atoms with van der Waals surface area (Å²) in [6.45, 7) is 2.23. The molecule has 1 N–H and O–H groups in total. The number of nitrogens with one attached hydrogen (secondary N) is 1. The van der Waals surface area contributed by atoms with Crippen LogP contribution in [0.1, 0.15) is 31.2 Å². The van der Waals surface area contributed by atoms with E-state index in [-0.39, 0.29) is 11.6 Å². The normalized spacial score (nSPS) is 11.4. The summed E-state index contributed by atoms with van der Waals surface area (Å²) in [6, 6.07) is 6.11. The number of nitro groups is 1. The van der Waals surface area contributed by atoms with Crippen LogP contribution in [0.5, 0.6) is 0 Å². The van der Waals surface area contributed by atoms with Crippen LogP contribution in [0, 0.1) is 22.5 Å². The Bertz CT molecular complexity index is 506. The van der Waals surface area contributed by atoms with Crippen LogP contribution < -0.4 is 5.32 Å². The zero-order chi connectivity index (χ0) is 14.3. The number of non-ortho nitro benzene ring substituents is 1. The van der Waals surface area contributed by atoms with E-state index < -0.39 is 10.8 Å². The average Bonchev–Trinajstić information content (AvgIpc) is 2.42.